The molecule has 116 valence electrons. The molecule has 0 aromatic carbocycles. The number of hydrogen-bond donors (Lipinski definition) is 1. The molecule has 0 fully saturated rings. The molecule has 0 unspecified atom stereocenters. The second-order valence-corrected chi connectivity index (χ2v) is 6.58. The Balaban J connectivity index is 2.18. The van der Waals surface area contributed by atoms with E-state index in [0.29, 0.717) is 4.88 Å². The van der Waals surface area contributed by atoms with Crippen molar-refractivity contribution in [2.45, 2.75) is 6.18 Å². The largest absolute Gasteiger partial charge is 0.417 e. The van der Waals surface area contributed by atoms with Crippen molar-refractivity contribution in [3.05, 3.63) is 39.5 Å². The maximum absolute atomic E-state index is 13.5. The van der Waals surface area contributed by atoms with Crippen molar-refractivity contribution in [1.29, 1.82) is 0 Å². The minimum atomic E-state index is -4.59. The van der Waals surface area contributed by atoms with E-state index in [1.54, 1.807) is 17.5 Å². The molecule has 0 aliphatic carbocycles. The van der Waals surface area contributed by atoms with Gasteiger partial charge in [0.15, 0.2) is 0 Å². The van der Waals surface area contributed by atoms with E-state index in [1.807, 2.05) is 0 Å². The summed E-state index contributed by atoms with van der Waals surface area (Å²) in [5.41, 5.74) is -1.30. The number of fused-ring (bicyclic) bond motifs is 3. The van der Waals surface area contributed by atoms with Crippen LogP contribution < -0.4 is 5.56 Å². The molecule has 4 aromatic heterocycles. The Hall–Kier alpha value is -2.33. The molecule has 4 aromatic rings. The lowest BCUT2D eigenvalue weighted by molar-refractivity contribution is -0.136. The first-order valence-electron chi connectivity index (χ1n) is 6.25. The molecule has 4 heterocycles. The highest BCUT2D eigenvalue weighted by Crippen LogP contribution is 2.42. The van der Waals surface area contributed by atoms with Gasteiger partial charge in [0.05, 0.1) is 21.5 Å². The molecule has 0 aliphatic rings. The van der Waals surface area contributed by atoms with Gasteiger partial charge in [-0.25, -0.2) is 10.1 Å². The van der Waals surface area contributed by atoms with E-state index in [9.17, 15) is 18.0 Å². The molecule has 0 aliphatic heterocycles. The summed E-state index contributed by atoms with van der Waals surface area (Å²) in [7, 11) is 0. The van der Waals surface area contributed by atoms with Crippen molar-refractivity contribution in [3.8, 4) is 10.6 Å². The number of aromatic amines is 1. The molecule has 0 amide bonds. The van der Waals surface area contributed by atoms with Gasteiger partial charge >= 0.3 is 6.18 Å². The van der Waals surface area contributed by atoms with E-state index in [4.69, 9.17) is 0 Å². The monoisotopic (exact) mass is 354 g/mol. The molecule has 1 N–H and O–H groups in total. The number of nitrogens with one attached hydrogen (secondary N) is 1. The lowest BCUT2D eigenvalue weighted by Gasteiger charge is -2.09. The van der Waals surface area contributed by atoms with Crippen LogP contribution in [0.2, 0.25) is 0 Å². The summed E-state index contributed by atoms with van der Waals surface area (Å²) in [6.07, 6.45) is -4.59. The van der Waals surface area contributed by atoms with Gasteiger partial charge in [0, 0.05) is 0 Å². The van der Waals surface area contributed by atoms with Crippen LogP contribution in [-0.4, -0.2) is 20.4 Å². The van der Waals surface area contributed by atoms with E-state index < -0.39 is 17.3 Å². The average Bonchev–Trinajstić information content (AvgIpc) is 3.13. The summed E-state index contributed by atoms with van der Waals surface area (Å²) in [6.45, 7) is 0. The van der Waals surface area contributed by atoms with Crippen LogP contribution in [0.1, 0.15) is 5.56 Å². The van der Waals surface area contributed by atoms with Crippen LogP contribution in [0.5, 0.6) is 0 Å². The molecule has 5 nitrogen and oxygen atoms in total. The molecular formula is C13H5F3N4OS2. The van der Waals surface area contributed by atoms with Gasteiger partial charge in [0.1, 0.15) is 15.0 Å². The summed E-state index contributed by atoms with van der Waals surface area (Å²) < 4.78 is 40.6. The van der Waals surface area contributed by atoms with Gasteiger partial charge in [-0.15, -0.1) is 27.8 Å². The first kappa shape index (κ1) is 14.3. The van der Waals surface area contributed by atoms with Gasteiger partial charge in [-0.1, -0.05) is 11.3 Å². The minimum absolute atomic E-state index is 0.0775. The summed E-state index contributed by atoms with van der Waals surface area (Å²) in [5.74, 6) is 0. The number of aromatic nitrogens is 4. The maximum atomic E-state index is 13.5. The Morgan fingerprint density at radius 3 is 2.78 bits per heavy atom. The zero-order chi connectivity index (χ0) is 16.2. The fraction of sp³-hybridized carbons (Fsp3) is 0.0769. The predicted molar refractivity (Wildman–Crippen MR) is 81.7 cm³/mol. The van der Waals surface area contributed by atoms with Crippen molar-refractivity contribution < 1.29 is 13.2 Å². The van der Waals surface area contributed by atoms with Gasteiger partial charge < -0.3 is 0 Å². The molecule has 10 heteroatoms. The van der Waals surface area contributed by atoms with E-state index in [0.717, 1.165) is 17.4 Å². The average molecular weight is 354 g/mol. The molecule has 0 bridgehead atoms. The summed E-state index contributed by atoms with van der Waals surface area (Å²) >= 11 is 2.17. The Morgan fingerprint density at radius 1 is 1.26 bits per heavy atom. The summed E-state index contributed by atoms with van der Waals surface area (Å²) in [6, 6.07) is 4.42. The number of nitrogens with zero attached hydrogens (tertiary/aromatic N) is 3. The highest BCUT2D eigenvalue weighted by atomic mass is 32.1. The highest BCUT2D eigenvalue weighted by Gasteiger charge is 2.35. The van der Waals surface area contributed by atoms with Crippen molar-refractivity contribution in [2.75, 3.05) is 0 Å². The number of pyridine rings is 1. The summed E-state index contributed by atoms with van der Waals surface area (Å²) in [4.78, 5) is 16.8. The fourth-order valence-electron chi connectivity index (χ4n) is 2.28. The normalized spacial score (nSPS) is 12.3. The van der Waals surface area contributed by atoms with Gasteiger partial charge in [0.25, 0.3) is 5.56 Å². The van der Waals surface area contributed by atoms with Crippen molar-refractivity contribution in [2.24, 2.45) is 0 Å². The standard InChI is InChI=1S/C13H5F3N4OS2/c14-13(15,16)5-4-6(7-2-1-3-22-7)17-12-8(5)9-10(23-12)11(21)19-20-18-9/h1-4H,(H,18,19,21). The molecule has 0 saturated heterocycles. The Bertz CT molecular complexity index is 1080. The van der Waals surface area contributed by atoms with Crippen LogP contribution in [-0.2, 0) is 6.18 Å². The first-order chi connectivity index (χ1) is 10.9. The molecule has 23 heavy (non-hydrogen) atoms. The zero-order valence-corrected chi connectivity index (χ0v) is 12.6. The number of H-pyrrole nitrogens is 1. The van der Waals surface area contributed by atoms with Crippen LogP contribution in [0.15, 0.2) is 28.4 Å². The number of halogens is 3. The highest BCUT2D eigenvalue weighted by molar-refractivity contribution is 7.25. The van der Waals surface area contributed by atoms with E-state index in [-0.39, 0.29) is 26.1 Å². The zero-order valence-electron chi connectivity index (χ0n) is 11.0. The predicted octanol–water partition coefficient (Wildman–Crippen LogP) is 3.68. The van der Waals surface area contributed by atoms with Gasteiger partial charge in [-0.3, -0.25) is 4.79 Å². The molecule has 0 radical (unpaired) electrons. The van der Waals surface area contributed by atoms with Gasteiger partial charge in [-0.2, -0.15) is 13.2 Å². The third kappa shape index (κ3) is 2.21. The van der Waals surface area contributed by atoms with Gasteiger partial charge in [0.2, 0.25) is 0 Å². The van der Waals surface area contributed by atoms with E-state index in [2.05, 4.69) is 20.4 Å². The van der Waals surface area contributed by atoms with E-state index >= 15 is 0 Å². The second-order valence-electron chi connectivity index (χ2n) is 4.63. The van der Waals surface area contributed by atoms with Gasteiger partial charge in [-0.05, 0) is 17.5 Å². The Morgan fingerprint density at radius 2 is 2.09 bits per heavy atom. The Labute approximate surface area is 133 Å². The van der Waals surface area contributed by atoms with Crippen molar-refractivity contribution in [1.82, 2.24) is 20.4 Å². The SMILES string of the molecule is O=c1[nH]nnc2c1sc1nc(-c3cccs3)cc(C(F)(F)F)c12. The molecular weight excluding hydrogens is 349 g/mol. The molecule has 0 saturated carbocycles. The van der Waals surface area contributed by atoms with Crippen LogP contribution in [0.4, 0.5) is 13.2 Å². The quantitative estimate of drug-likeness (QED) is 0.566. The minimum Gasteiger partial charge on any atom is -0.266 e. The third-order valence-corrected chi connectivity index (χ3v) is 5.19. The number of thiophene rings is 2. The maximum Gasteiger partial charge on any atom is 0.417 e. The lowest BCUT2D eigenvalue weighted by atomic mass is 10.1. The molecule has 0 spiro atoms. The number of rotatable bonds is 1. The number of hydrogen-bond acceptors (Lipinski definition) is 6. The number of alkyl halides is 3. The first-order valence-corrected chi connectivity index (χ1v) is 7.94. The van der Waals surface area contributed by atoms with Crippen LogP contribution in [0.25, 0.3) is 31.0 Å². The van der Waals surface area contributed by atoms with E-state index in [1.165, 1.54) is 11.3 Å². The molecule has 4 rings (SSSR count). The smallest absolute Gasteiger partial charge is 0.266 e. The van der Waals surface area contributed by atoms with Crippen molar-refractivity contribution in [3.63, 3.8) is 0 Å². The lowest BCUT2D eigenvalue weighted by Crippen LogP contribution is -2.09. The van der Waals surface area contributed by atoms with Crippen LogP contribution >= 0.6 is 22.7 Å². The van der Waals surface area contributed by atoms with Crippen LogP contribution in [0.3, 0.4) is 0 Å². The summed E-state index contributed by atoms with van der Waals surface area (Å²) in [5, 5.41) is 10.7. The second kappa shape index (κ2) is 4.83. The van der Waals surface area contributed by atoms with Crippen molar-refractivity contribution >= 4 is 43.1 Å². The fourth-order valence-corrected chi connectivity index (χ4v) is 3.99. The van der Waals surface area contributed by atoms with Crippen LogP contribution in [0, 0.1) is 0 Å². The molecule has 0 atom stereocenters. The topological polar surface area (TPSA) is 71.5 Å². The third-order valence-electron chi connectivity index (χ3n) is 3.22. The Kier molecular flexibility index (Phi) is 3.00.